The molecular weight excluding hydrogens is 222 g/mol. The van der Waals surface area contributed by atoms with Gasteiger partial charge in [-0.25, -0.2) is 0 Å². The van der Waals surface area contributed by atoms with Crippen LogP contribution in [0, 0.1) is 6.92 Å². The molecule has 0 unspecified atom stereocenters. The van der Waals surface area contributed by atoms with Gasteiger partial charge in [-0.05, 0) is 26.0 Å². The molecule has 1 rings (SSSR count). The van der Waals surface area contributed by atoms with Crippen LogP contribution in [0.2, 0.25) is 0 Å². The van der Waals surface area contributed by atoms with Crippen molar-refractivity contribution in [2.75, 3.05) is 25.0 Å². The van der Waals surface area contributed by atoms with Gasteiger partial charge in [-0.3, -0.25) is 4.98 Å². The van der Waals surface area contributed by atoms with Crippen LogP contribution in [-0.2, 0) is 6.54 Å². The van der Waals surface area contributed by atoms with Crippen molar-refractivity contribution < 1.29 is 0 Å². The van der Waals surface area contributed by atoms with E-state index in [0.29, 0.717) is 0 Å². The standard InChI is InChI=1S/C15H27N3/c1-5-7-8-9-18(4)15-10-13(3)17-12-14(15)11-16-6-2/h10,12,16H,5-9,11H2,1-4H3. The van der Waals surface area contributed by atoms with E-state index >= 15 is 0 Å². The molecule has 0 amide bonds. The Hall–Kier alpha value is -1.09. The molecule has 102 valence electrons. The Balaban J connectivity index is 2.73. The van der Waals surface area contributed by atoms with Gasteiger partial charge < -0.3 is 10.2 Å². The fourth-order valence-corrected chi connectivity index (χ4v) is 2.04. The zero-order valence-corrected chi connectivity index (χ0v) is 12.3. The molecule has 18 heavy (non-hydrogen) atoms. The summed E-state index contributed by atoms with van der Waals surface area (Å²) in [6.07, 6.45) is 5.84. The lowest BCUT2D eigenvalue weighted by Gasteiger charge is -2.23. The van der Waals surface area contributed by atoms with Gasteiger partial charge in [0.1, 0.15) is 0 Å². The predicted molar refractivity (Wildman–Crippen MR) is 79.1 cm³/mol. The molecule has 0 aliphatic rings. The van der Waals surface area contributed by atoms with Crippen molar-refractivity contribution in [1.29, 1.82) is 0 Å². The van der Waals surface area contributed by atoms with Crippen LogP contribution in [0.5, 0.6) is 0 Å². The van der Waals surface area contributed by atoms with Gasteiger partial charge in [-0.2, -0.15) is 0 Å². The molecule has 0 fully saturated rings. The van der Waals surface area contributed by atoms with Crippen LogP contribution in [0.4, 0.5) is 5.69 Å². The number of nitrogens with zero attached hydrogens (tertiary/aromatic N) is 2. The summed E-state index contributed by atoms with van der Waals surface area (Å²) in [5, 5.41) is 3.38. The van der Waals surface area contributed by atoms with Crippen molar-refractivity contribution >= 4 is 5.69 Å². The number of hydrogen-bond acceptors (Lipinski definition) is 3. The molecule has 0 aliphatic heterocycles. The van der Waals surface area contributed by atoms with Gasteiger partial charge in [-0.1, -0.05) is 26.7 Å². The van der Waals surface area contributed by atoms with Crippen molar-refractivity contribution in [2.24, 2.45) is 0 Å². The average Bonchev–Trinajstić information content (AvgIpc) is 2.37. The van der Waals surface area contributed by atoms with Crippen LogP contribution < -0.4 is 10.2 Å². The molecule has 1 aromatic rings. The number of unbranched alkanes of at least 4 members (excludes halogenated alkanes) is 2. The highest BCUT2D eigenvalue weighted by Crippen LogP contribution is 2.20. The van der Waals surface area contributed by atoms with Crippen molar-refractivity contribution in [3.05, 3.63) is 23.5 Å². The Morgan fingerprint density at radius 2 is 2.06 bits per heavy atom. The van der Waals surface area contributed by atoms with E-state index in [1.807, 2.05) is 6.20 Å². The van der Waals surface area contributed by atoms with Gasteiger partial charge in [0, 0.05) is 43.3 Å². The zero-order valence-electron chi connectivity index (χ0n) is 12.3. The number of aryl methyl sites for hydroxylation is 1. The predicted octanol–water partition coefficient (Wildman–Crippen LogP) is 3.13. The van der Waals surface area contributed by atoms with Gasteiger partial charge >= 0.3 is 0 Å². The fraction of sp³-hybridized carbons (Fsp3) is 0.667. The maximum absolute atomic E-state index is 4.40. The van der Waals surface area contributed by atoms with E-state index in [4.69, 9.17) is 0 Å². The minimum Gasteiger partial charge on any atom is -0.374 e. The molecule has 1 aromatic heterocycles. The van der Waals surface area contributed by atoms with E-state index in [1.165, 1.54) is 30.5 Å². The van der Waals surface area contributed by atoms with Crippen molar-refractivity contribution in [1.82, 2.24) is 10.3 Å². The number of pyridine rings is 1. The average molecular weight is 249 g/mol. The summed E-state index contributed by atoms with van der Waals surface area (Å²) in [7, 11) is 2.18. The summed E-state index contributed by atoms with van der Waals surface area (Å²) >= 11 is 0. The summed E-state index contributed by atoms with van der Waals surface area (Å²) in [5.41, 5.74) is 3.70. The molecule has 0 aliphatic carbocycles. The van der Waals surface area contributed by atoms with Gasteiger partial charge in [0.25, 0.3) is 0 Å². The second-order valence-corrected chi connectivity index (χ2v) is 4.86. The summed E-state index contributed by atoms with van der Waals surface area (Å²) < 4.78 is 0. The van der Waals surface area contributed by atoms with E-state index < -0.39 is 0 Å². The van der Waals surface area contributed by atoms with E-state index in [-0.39, 0.29) is 0 Å². The Kier molecular flexibility index (Phi) is 6.73. The number of rotatable bonds is 8. The SMILES string of the molecule is CCCCCN(C)c1cc(C)ncc1CNCC. The Morgan fingerprint density at radius 3 is 2.72 bits per heavy atom. The lowest BCUT2D eigenvalue weighted by atomic mass is 10.1. The van der Waals surface area contributed by atoms with Crippen LogP contribution in [0.25, 0.3) is 0 Å². The lowest BCUT2D eigenvalue weighted by Crippen LogP contribution is -2.22. The van der Waals surface area contributed by atoms with Crippen LogP contribution in [0.3, 0.4) is 0 Å². The van der Waals surface area contributed by atoms with Crippen LogP contribution >= 0.6 is 0 Å². The molecule has 0 atom stereocenters. The van der Waals surface area contributed by atoms with Crippen molar-refractivity contribution in [3.8, 4) is 0 Å². The van der Waals surface area contributed by atoms with Gasteiger partial charge in [0.15, 0.2) is 0 Å². The molecule has 0 saturated heterocycles. The Labute approximate surface area is 112 Å². The summed E-state index contributed by atoms with van der Waals surface area (Å²) in [4.78, 5) is 6.76. The fourth-order valence-electron chi connectivity index (χ4n) is 2.04. The summed E-state index contributed by atoms with van der Waals surface area (Å²) in [5.74, 6) is 0. The smallest absolute Gasteiger partial charge is 0.0442 e. The van der Waals surface area contributed by atoms with Gasteiger partial charge in [0.2, 0.25) is 0 Å². The first-order valence-corrected chi connectivity index (χ1v) is 7.06. The first-order valence-electron chi connectivity index (χ1n) is 7.06. The number of anilines is 1. The molecule has 0 spiro atoms. The highest BCUT2D eigenvalue weighted by atomic mass is 15.1. The molecular formula is C15H27N3. The Bertz CT molecular complexity index is 350. The normalized spacial score (nSPS) is 10.7. The molecule has 0 aromatic carbocycles. The third-order valence-electron chi connectivity index (χ3n) is 3.17. The van der Waals surface area contributed by atoms with E-state index in [2.05, 4.69) is 49.1 Å². The maximum atomic E-state index is 4.40. The Morgan fingerprint density at radius 1 is 1.28 bits per heavy atom. The quantitative estimate of drug-likeness (QED) is 0.717. The number of hydrogen-bond donors (Lipinski definition) is 1. The molecule has 3 nitrogen and oxygen atoms in total. The first kappa shape index (κ1) is 15.0. The maximum Gasteiger partial charge on any atom is 0.0442 e. The second-order valence-electron chi connectivity index (χ2n) is 4.86. The monoisotopic (exact) mass is 249 g/mol. The minimum absolute atomic E-state index is 0.900. The molecule has 0 bridgehead atoms. The summed E-state index contributed by atoms with van der Waals surface area (Å²) in [6.45, 7) is 9.44. The number of aromatic nitrogens is 1. The minimum atomic E-state index is 0.900. The lowest BCUT2D eigenvalue weighted by molar-refractivity contribution is 0.693. The van der Waals surface area contributed by atoms with E-state index in [0.717, 1.165) is 25.3 Å². The van der Waals surface area contributed by atoms with Gasteiger partial charge in [0.05, 0.1) is 0 Å². The van der Waals surface area contributed by atoms with Crippen molar-refractivity contribution in [3.63, 3.8) is 0 Å². The molecule has 0 radical (unpaired) electrons. The molecule has 3 heteroatoms. The third-order valence-corrected chi connectivity index (χ3v) is 3.17. The molecule has 1 N–H and O–H groups in total. The van der Waals surface area contributed by atoms with E-state index in [1.54, 1.807) is 0 Å². The second kappa shape index (κ2) is 8.09. The highest BCUT2D eigenvalue weighted by Gasteiger charge is 2.08. The molecule has 0 saturated carbocycles. The van der Waals surface area contributed by atoms with Crippen LogP contribution in [0.1, 0.15) is 44.4 Å². The largest absolute Gasteiger partial charge is 0.374 e. The summed E-state index contributed by atoms with van der Waals surface area (Å²) in [6, 6.07) is 2.19. The van der Waals surface area contributed by atoms with Crippen LogP contribution in [0.15, 0.2) is 12.3 Å². The molecule has 1 heterocycles. The van der Waals surface area contributed by atoms with Crippen molar-refractivity contribution in [2.45, 2.75) is 46.6 Å². The number of nitrogens with one attached hydrogen (secondary N) is 1. The van der Waals surface area contributed by atoms with Crippen LogP contribution in [-0.4, -0.2) is 25.1 Å². The van der Waals surface area contributed by atoms with E-state index in [9.17, 15) is 0 Å². The third kappa shape index (κ3) is 4.65. The topological polar surface area (TPSA) is 28.2 Å². The zero-order chi connectivity index (χ0) is 13.4. The van der Waals surface area contributed by atoms with Gasteiger partial charge in [-0.15, -0.1) is 0 Å². The first-order chi connectivity index (χ1) is 8.69. The highest BCUT2D eigenvalue weighted by molar-refractivity contribution is 5.53.